The van der Waals surface area contributed by atoms with Crippen LogP contribution in [0.5, 0.6) is 5.75 Å². The van der Waals surface area contributed by atoms with E-state index < -0.39 is 0 Å². The first kappa shape index (κ1) is 26.0. The van der Waals surface area contributed by atoms with Crippen molar-refractivity contribution in [3.63, 3.8) is 0 Å². The van der Waals surface area contributed by atoms with E-state index in [-0.39, 0.29) is 30.7 Å². The average Bonchev–Trinajstić information content (AvgIpc) is 2.69. The lowest BCUT2D eigenvalue weighted by molar-refractivity contribution is -0.131. The van der Waals surface area contributed by atoms with Crippen LogP contribution < -0.4 is 10.5 Å². The molecule has 1 aromatic rings. The summed E-state index contributed by atoms with van der Waals surface area (Å²) in [4.78, 5) is 17.0. The Morgan fingerprint density at radius 1 is 1.03 bits per heavy atom. The number of aryl methyl sites for hydroxylation is 1. The highest BCUT2D eigenvalue weighted by molar-refractivity contribution is 5.85. The third-order valence-corrected chi connectivity index (χ3v) is 5.88. The zero-order valence-corrected chi connectivity index (χ0v) is 19.0. The van der Waals surface area contributed by atoms with Gasteiger partial charge in [-0.1, -0.05) is 18.6 Å². The minimum atomic E-state index is 0. The first-order chi connectivity index (χ1) is 13.3. The van der Waals surface area contributed by atoms with Gasteiger partial charge in [0.15, 0.2) is 0 Å². The van der Waals surface area contributed by atoms with E-state index in [4.69, 9.17) is 10.5 Å². The van der Waals surface area contributed by atoms with Gasteiger partial charge in [0.2, 0.25) is 5.91 Å². The summed E-state index contributed by atoms with van der Waals surface area (Å²) >= 11 is 0. The van der Waals surface area contributed by atoms with Crippen LogP contribution in [-0.4, -0.2) is 61.1 Å². The highest BCUT2D eigenvalue weighted by atomic mass is 35.5. The molecule has 5 nitrogen and oxygen atoms in total. The Morgan fingerprint density at radius 3 is 2.59 bits per heavy atom. The number of amides is 1. The van der Waals surface area contributed by atoms with Crippen LogP contribution in [0.25, 0.3) is 0 Å². The van der Waals surface area contributed by atoms with Gasteiger partial charge >= 0.3 is 0 Å². The van der Waals surface area contributed by atoms with Gasteiger partial charge in [0, 0.05) is 25.6 Å². The minimum absolute atomic E-state index is 0. The molecule has 1 fully saturated rings. The third kappa shape index (κ3) is 8.33. The van der Waals surface area contributed by atoms with Crippen LogP contribution in [0.1, 0.15) is 50.5 Å². The smallest absolute Gasteiger partial charge is 0.223 e. The Kier molecular flexibility index (Phi) is 12.6. The molecule has 3 rings (SSSR count). The van der Waals surface area contributed by atoms with E-state index in [1.807, 2.05) is 11.0 Å². The molecule has 1 saturated heterocycles. The van der Waals surface area contributed by atoms with Gasteiger partial charge in [0.1, 0.15) is 12.4 Å². The van der Waals surface area contributed by atoms with Crippen molar-refractivity contribution in [2.75, 3.05) is 39.3 Å². The van der Waals surface area contributed by atoms with E-state index in [1.54, 1.807) is 0 Å². The van der Waals surface area contributed by atoms with E-state index in [2.05, 4.69) is 23.1 Å². The minimum Gasteiger partial charge on any atom is -0.492 e. The summed E-state index contributed by atoms with van der Waals surface area (Å²) in [5, 5.41) is 0. The highest BCUT2D eigenvalue weighted by Crippen LogP contribution is 2.23. The number of rotatable bonds is 2. The predicted octanol–water partition coefficient (Wildman–Crippen LogP) is 3.67. The third-order valence-electron chi connectivity index (χ3n) is 5.88. The number of carbonyl (C=O) groups is 1. The first-order valence-corrected chi connectivity index (χ1v) is 10.7. The van der Waals surface area contributed by atoms with E-state index in [9.17, 15) is 4.79 Å². The van der Waals surface area contributed by atoms with Crippen LogP contribution in [-0.2, 0) is 11.2 Å². The number of carbonyl (C=O) groups excluding carboxylic acids is 1. The van der Waals surface area contributed by atoms with Crippen molar-refractivity contribution < 1.29 is 9.53 Å². The summed E-state index contributed by atoms with van der Waals surface area (Å²) in [5.41, 5.74) is 6.94. The number of fused-ring (bicyclic) bond motifs is 3. The van der Waals surface area contributed by atoms with Gasteiger partial charge in [0.25, 0.3) is 0 Å². The fourth-order valence-corrected chi connectivity index (χ4v) is 4.34. The molecular weight excluding hydrogens is 409 g/mol. The van der Waals surface area contributed by atoms with E-state index in [1.165, 1.54) is 37.8 Å². The van der Waals surface area contributed by atoms with Crippen LogP contribution >= 0.6 is 24.8 Å². The van der Waals surface area contributed by atoms with Crippen LogP contribution in [0.4, 0.5) is 0 Å². The van der Waals surface area contributed by atoms with Gasteiger partial charge < -0.3 is 20.3 Å². The molecule has 166 valence electrons. The molecule has 1 unspecified atom stereocenters. The molecule has 0 saturated carbocycles. The number of hydrogen-bond donors (Lipinski definition) is 1. The molecule has 0 aromatic heterocycles. The first-order valence-electron chi connectivity index (χ1n) is 10.7. The van der Waals surface area contributed by atoms with Crippen molar-refractivity contribution >= 4 is 30.7 Å². The van der Waals surface area contributed by atoms with Crippen molar-refractivity contribution in [3.05, 3.63) is 29.8 Å². The topological polar surface area (TPSA) is 58.8 Å². The predicted molar refractivity (Wildman–Crippen MR) is 123 cm³/mol. The van der Waals surface area contributed by atoms with Crippen LogP contribution in [0, 0.1) is 0 Å². The summed E-state index contributed by atoms with van der Waals surface area (Å²) < 4.78 is 5.95. The molecule has 2 bridgehead atoms. The molecular formula is C22H37Cl2N3O2. The summed E-state index contributed by atoms with van der Waals surface area (Å²) in [6.45, 7) is 4.77. The SMILES string of the molecule is Cl.Cl.NCCC(=O)N1CCCCN2CCCCC2CCc2cccc(c2)OCC1. The second-order valence-electron chi connectivity index (χ2n) is 7.85. The van der Waals surface area contributed by atoms with E-state index in [0.717, 1.165) is 38.1 Å². The summed E-state index contributed by atoms with van der Waals surface area (Å²) in [6.07, 6.45) is 8.95. The van der Waals surface area contributed by atoms with Gasteiger partial charge in [-0.05, 0) is 69.3 Å². The molecule has 29 heavy (non-hydrogen) atoms. The number of halogens is 2. The Hall–Kier alpha value is -1.01. The molecule has 0 radical (unpaired) electrons. The Labute approximate surface area is 188 Å². The van der Waals surface area contributed by atoms with Gasteiger partial charge in [-0.3, -0.25) is 4.79 Å². The summed E-state index contributed by atoms with van der Waals surface area (Å²) in [6, 6.07) is 9.16. The zero-order valence-electron chi connectivity index (χ0n) is 17.4. The lowest BCUT2D eigenvalue weighted by atomic mass is 9.95. The number of ether oxygens (including phenoxy) is 1. The fraction of sp³-hybridized carbons (Fsp3) is 0.682. The van der Waals surface area contributed by atoms with Crippen LogP contribution in [0.2, 0.25) is 0 Å². The molecule has 1 amide bonds. The van der Waals surface area contributed by atoms with Gasteiger partial charge in [-0.2, -0.15) is 0 Å². The number of benzene rings is 1. The second-order valence-corrected chi connectivity index (χ2v) is 7.85. The highest BCUT2D eigenvalue weighted by Gasteiger charge is 2.22. The van der Waals surface area contributed by atoms with Gasteiger partial charge in [-0.25, -0.2) is 0 Å². The average molecular weight is 446 g/mol. The standard InChI is InChI=1S/C22H35N3O2.2ClH/c23-12-11-22(26)25-15-4-3-14-24-13-2-1-7-20(24)10-9-19-6-5-8-21(18-19)27-17-16-25;;/h5-6,8,18,20H,1-4,7,9-17,23H2;2*1H. The quantitative estimate of drug-likeness (QED) is 0.753. The Balaban J connectivity index is 0.00000210. The molecule has 2 aliphatic rings. The maximum atomic E-state index is 12.4. The molecule has 0 spiro atoms. The van der Waals surface area contributed by atoms with Crippen molar-refractivity contribution in [1.82, 2.24) is 9.80 Å². The van der Waals surface area contributed by atoms with Crippen LogP contribution in [0.15, 0.2) is 24.3 Å². The molecule has 1 atom stereocenters. The number of nitrogens with zero attached hydrogens (tertiary/aromatic N) is 2. The summed E-state index contributed by atoms with van der Waals surface area (Å²) in [7, 11) is 0. The lowest BCUT2D eigenvalue weighted by Crippen LogP contribution is -2.41. The fourth-order valence-electron chi connectivity index (χ4n) is 4.34. The van der Waals surface area contributed by atoms with Crippen molar-refractivity contribution in [1.29, 1.82) is 0 Å². The normalized spacial score (nSPS) is 21.3. The maximum Gasteiger partial charge on any atom is 0.223 e. The van der Waals surface area contributed by atoms with E-state index in [0.29, 0.717) is 32.2 Å². The molecule has 2 N–H and O–H groups in total. The van der Waals surface area contributed by atoms with Gasteiger partial charge in [0.05, 0.1) is 6.54 Å². The maximum absolute atomic E-state index is 12.4. The lowest BCUT2D eigenvalue weighted by Gasteiger charge is -2.36. The van der Waals surface area contributed by atoms with Crippen molar-refractivity contribution in [3.8, 4) is 5.75 Å². The Morgan fingerprint density at radius 2 is 1.79 bits per heavy atom. The van der Waals surface area contributed by atoms with Crippen LogP contribution in [0.3, 0.4) is 0 Å². The summed E-state index contributed by atoms with van der Waals surface area (Å²) in [5.74, 6) is 1.06. The number of hydrogen-bond acceptors (Lipinski definition) is 4. The molecule has 7 heteroatoms. The van der Waals surface area contributed by atoms with Crippen molar-refractivity contribution in [2.45, 2.75) is 57.4 Å². The zero-order chi connectivity index (χ0) is 18.9. The molecule has 2 heterocycles. The van der Waals surface area contributed by atoms with Gasteiger partial charge in [-0.15, -0.1) is 24.8 Å². The number of piperidine rings is 1. The number of nitrogens with two attached hydrogens (primary N) is 1. The Bertz CT molecular complexity index is 603. The second kappa shape index (κ2) is 14.1. The molecule has 1 aromatic carbocycles. The molecule has 0 aliphatic carbocycles. The van der Waals surface area contributed by atoms with Crippen molar-refractivity contribution in [2.24, 2.45) is 5.73 Å². The molecule has 2 aliphatic heterocycles. The monoisotopic (exact) mass is 445 g/mol. The van der Waals surface area contributed by atoms with E-state index >= 15 is 0 Å². The largest absolute Gasteiger partial charge is 0.492 e.